The van der Waals surface area contributed by atoms with Crippen molar-refractivity contribution in [1.82, 2.24) is 15.5 Å². The fourth-order valence-electron chi connectivity index (χ4n) is 2.53. The van der Waals surface area contributed by atoms with Crippen LogP contribution in [0.3, 0.4) is 0 Å². The number of carbonyl (C=O) groups excluding carboxylic acids is 2. The summed E-state index contributed by atoms with van der Waals surface area (Å²) < 4.78 is 0. The van der Waals surface area contributed by atoms with E-state index in [1.807, 2.05) is 24.0 Å². The van der Waals surface area contributed by atoms with Crippen molar-refractivity contribution in [1.29, 1.82) is 0 Å². The molecule has 0 bridgehead atoms. The fourth-order valence-corrected chi connectivity index (χ4v) is 3.30. The van der Waals surface area contributed by atoms with Crippen LogP contribution in [0, 0.1) is 6.92 Å². The minimum atomic E-state index is 0.00832. The normalized spacial score (nSPS) is 19.4. The van der Waals surface area contributed by atoms with Gasteiger partial charge in [0.15, 0.2) is 0 Å². The van der Waals surface area contributed by atoms with E-state index in [4.69, 9.17) is 0 Å². The predicted octanol–water partition coefficient (Wildman–Crippen LogP) is 2.12. The van der Waals surface area contributed by atoms with Crippen molar-refractivity contribution < 1.29 is 9.59 Å². The molecule has 1 saturated heterocycles. The lowest BCUT2D eigenvalue weighted by Crippen LogP contribution is -2.49. The van der Waals surface area contributed by atoms with Crippen molar-refractivity contribution in [3.05, 3.63) is 21.9 Å². The second kappa shape index (κ2) is 6.05. The standard InChI is InChI=1S/C15H21N3O2S/c1-10-2-5-13(21-10)14(19)16-12-6-8-18(9-7-12)15(20)17-11-3-4-11/h2,5,11-12H,3-4,6-9H2,1H3,(H,16,19)(H,17,20). The Hall–Kier alpha value is -1.56. The second-order valence-corrected chi connectivity index (χ2v) is 7.16. The maximum absolute atomic E-state index is 12.1. The van der Waals surface area contributed by atoms with Crippen LogP contribution in [0.15, 0.2) is 12.1 Å². The van der Waals surface area contributed by atoms with Gasteiger partial charge in [0.1, 0.15) is 0 Å². The molecule has 114 valence electrons. The first-order valence-corrected chi connectivity index (χ1v) is 8.36. The minimum Gasteiger partial charge on any atom is -0.348 e. The number of nitrogens with one attached hydrogen (secondary N) is 2. The Morgan fingerprint density at radius 2 is 1.76 bits per heavy atom. The summed E-state index contributed by atoms with van der Waals surface area (Å²) in [6, 6.07) is 4.45. The van der Waals surface area contributed by atoms with Crippen molar-refractivity contribution in [3.63, 3.8) is 0 Å². The van der Waals surface area contributed by atoms with Gasteiger partial charge in [-0.15, -0.1) is 11.3 Å². The molecule has 2 aliphatic rings. The number of hydrogen-bond donors (Lipinski definition) is 2. The number of thiophene rings is 1. The summed E-state index contributed by atoms with van der Waals surface area (Å²) in [4.78, 5) is 27.8. The summed E-state index contributed by atoms with van der Waals surface area (Å²) in [6.07, 6.45) is 3.87. The van der Waals surface area contributed by atoms with Gasteiger partial charge in [-0.1, -0.05) is 0 Å². The summed E-state index contributed by atoms with van der Waals surface area (Å²) in [5.41, 5.74) is 0. The van der Waals surface area contributed by atoms with Gasteiger partial charge in [-0.25, -0.2) is 4.79 Å². The number of piperidine rings is 1. The van der Waals surface area contributed by atoms with Crippen LogP contribution in [0.2, 0.25) is 0 Å². The van der Waals surface area contributed by atoms with Gasteiger partial charge in [-0.05, 0) is 44.7 Å². The highest BCUT2D eigenvalue weighted by molar-refractivity contribution is 7.13. The molecule has 1 aliphatic heterocycles. The molecule has 21 heavy (non-hydrogen) atoms. The molecule has 1 aliphatic carbocycles. The molecule has 1 aromatic rings. The van der Waals surface area contributed by atoms with Gasteiger partial charge in [0.05, 0.1) is 4.88 Å². The molecule has 2 N–H and O–H groups in total. The van der Waals surface area contributed by atoms with Crippen LogP contribution < -0.4 is 10.6 Å². The summed E-state index contributed by atoms with van der Waals surface area (Å²) in [7, 11) is 0. The van der Waals surface area contributed by atoms with Gasteiger partial charge in [0, 0.05) is 30.1 Å². The monoisotopic (exact) mass is 307 g/mol. The highest BCUT2D eigenvalue weighted by atomic mass is 32.1. The first-order valence-electron chi connectivity index (χ1n) is 7.54. The lowest BCUT2D eigenvalue weighted by molar-refractivity contribution is 0.0922. The smallest absolute Gasteiger partial charge is 0.317 e. The van der Waals surface area contributed by atoms with Crippen molar-refractivity contribution in [2.24, 2.45) is 0 Å². The van der Waals surface area contributed by atoms with Crippen LogP contribution >= 0.6 is 11.3 Å². The third kappa shape index (κ3) is 3.75. The molecule has 6 heteroatoms. The molecule has 3 rings (SSSR count). The third-order valence-corrected chi connectivity index (χ3v) is 4.99. The zero-order chi connectivity index (χ0) is 14.8. The number of aryl methyl sites for hydroxylation is 1. The van der Waals surface area contributed by atoms with Crippen LogP contribution in [0.25, 0.3) is 0 Å². The maximum Gasteiger partial charge on any atom is 0.317 e. The van der Waals surface area contributed by atoms with Crippen molar-refractivity contribution in [2.45, 2.75) is 44.7 Å². The Morgan fingerprint density at radius 1 is 1.10 bits per heavy atom. The van der Waals surface area contributed by atoms with Crippen LogP contribution in [0.1, 0.15) is 40.2 Å². The maximum atomic E-state index is 12.1. The Kier molecular flexibility index (Phi) is 4.14. The number of nitrogens with zero attached hydrogens (tertiary/aromatic N) is 1. The Balaban J connectivity index is 1.44. The molecule has 0 aromatic carbocycles. The van der Waals surface area contributed by atoms with E-state index in [-0.39, 0.29) is 18.0 Å². The summed E-state index contributed by atoms with van der Waals surface area (Å²) >= 11 is 1.52. The Bertz CT molecular complexity index is 531. The highest BCUT2D eigenvalue weighted by Gasteiger charge is 2.28. The number of hydrogen-bond acceptors (Lipinski definition) is 3. The van der Waals surface area contributed by atoms with Crippen LogP contribution in [-0.2, 0) is 0 Å². The zero-order valence-corrected chi connectivity index (χ0v) is 13.0. The molecule has 1 saturated carbocycles. The SMILES string of the molecule is Cc1ccc(C(=O)NC2CCN(C(=O)NC3CC3)CC2)s1. The van der Waals surface area contributed by atoms with Crippen LogP contribution in [0.4, 0.5) is 4.79 Å². The van der Waals surface area contributed by atoms with E-state index < -0.39 is 0 Å². The number of amides is 3. The molecule has 2 heterocycles. The minimum absolute atomic E-state index is 0.00832. The van der Waals surface area contributed by atoms with E-state index in [0.29, 0.717) is 19.1 Å². The quantitative estimate of drug-likeness (QED) is 0.898. The zero-order valence-electron chi connectivity index (χ0n) is 12.2. The summed E-state index contributed by atoms with van der Waals surface area (Å²) in [6.45, 7) is 3.43. The van der Waals surface area contributed by atoms with E-state index in [1.54, 1.807) is 0 Å². The van der Waals surface area contributed by atoms with Gasteiger partial charge >= 0.3 is 6.03 Å². The molecular weight excluding hydrogens is 286 g/mol. The van der Waals surface area contributed by atoms with Crippen molar-refractivity contribution in [2.75, 3.05) is 13.1 Å². The van der Waals surface area contributed by atoms with Crippen LogP contribution in [-0.4, -0.2) is 42.0 Å². The van der Waals surface area contributed by atoms with E-state index in [1.165, 1.54) is 11.3 Å². The molecule has 0 unspecified atom stereocenters. The fraction of sp³-hybridized carbons (Fsp3) is 0.600. The molecule has 0 atom stereocenters. The van der Waals surface area contributed by atoms with Crippen molar-refractivity contribution in [3.8, 4) is 0 Å². The molecular formula is C15H21N3O2S. The molecule has 1 aromatic heterocycles. The van der Waals surface area contributed by atoms with Gasteiger partial charge in [0.2, 0.25) is 0 Å². The Morgan fingerprint density at radius 3 is 2.33 bits per heavy atom. The number of rotatable bonds is 3. The first kappa shape index (κ1) is 14.4. The number of likely N-dealkylation sites (tertiary alicyclic amines) is 1. The number of carbonyl (C=O) groups is 2. The number of urea groups is 1. The predicted molar refractivity (Wildman–Crippen MR) is 82.7 cm³/mol. The van der Waals surface area contributed by atoms with E-state index >= 15 is 0 Å². The topological polar surface area (TPSA) is 61.4 Å². The lowest BCUT2D eigenvalue weighted by Gasteiger charge is -2.32. The highest BCUT2D eigenvalue weighted by Crippen LogP contribution is 2.20. The lowest BCUT2D eigenvalue weighted by atomic mass is 10.1. The van der Waals surface area contributed by atoms with E-state index in [2.05, 4.69) is 10.6 Å². The molecule has 3 amide bonds. The van der Waals surface area contributed by atoms with Crippen LogP contribution in [0.5, 0.6) is 0 Å². The van der Waals surface area contributed by atoms with E-state index in [0.717, 1.165) is 35.4 Å². The molecule has 0 radical (unpaired) electrons. The summed E-state index contributed by atoms with van der Waals surface area (Å²) in [5.74, 6) is 0.00832. The van der Waals surface area contributed by atoms with Gasteiger partial charge < -0.3 is 15.5 Å². The molecule has 0 spiro atoms. The molecule has 5 nitrogen and oxygen atoms in total. The molecule has 2 fully saturated rings. The van der Waals surface area contributed by atoms with Crippen molar-refractivity contribution >= 4 is 23.3 Å². The van der Waals surface area contributed by atoms with Gasteiger partial charge in [-0.3, -0.25) is 4.79 Å². The second-order valence-electron chi connectivity index (χ2n) is 5.87. The Labute approximate surface area is 128 Å². The largest absolute Gasteiger partial charge is 0.348 e. The average Bonchev–Trinajstić information content (AvgIpc) is 3.17. The first-order chi connectivity index (χ1) is 10.1. The van der Waals surface area contributed by atoms with Gasteiger partial charge in [-0.2, -0.15) is 0 Å². The average molecular weight is 307 g/mol. The van der Waals surface area contributed by atoms with E-state index in [9.17, 15) is 9.59 Å². The van der Waals surface area contributed by atoms with Gasteiger partial charge in [0.25, 0.3) is 5.91 Å². The third-order valence-electron chi connectivity index (χ3n) is 3.99. The summed E-state index contributed by atoms with van der Waals surface area (Å²) in [5, 5.41) is 6.08.